The molecule has 6 heteroatoms. The number of benzene rings is 1. The van der Waals surface area contributed by atoms with Crippen molar-refractivity contribution in [3.05, 3.63) is 30.6 Å². The standard InChI is InChI=1S/C19H20N4O2/c1-12-10-14(12)19(24)23-8-6-22(7-9-23)18-17-16(20-11-21-18)13-4-2-3-5-15(13)25-17/h2-5,11-12,14H,6-10H2,1H3/t12-,14-/m0/s1. The van der Waals surface area contributed by atoms with E-state index in [9.17, 15) is 4.79 Å². The second kappa shape index (κ2) is 5.44. The molecule has 128 valence electrons. The molecule has 2 aliphatic rings. The lowest BCUT2D eigenvalue weighted by Gasteiger charge is -2.35. The lowest BCUT2D eigenvalue weighted by atomic mass is 10.2. The lowest BCUT2D eigenvalue weighted by molar-refractivity contribution is -0.133. The van der Waals surface area contributed by atoms with Crippen LogP contribution in [0.3, 0.4) is 0 Å². The summed E-state index contributed by atoms with van der Waals surface area (Å²) in [6.07, 6.45) is 2.65. The molecule has 25 heavy (non-hydrogen) atoms. The SMILES string of the molecule is C[C@H]1C[C@@H]1C(=O)N1CCN(c2ncnc3c2oc2ccccc23)CC1. The van der Waals surface area contributed by atoms with Crippen molar-refractivity contribution < 1.29 is 9.21 Å². The smallest absolute Gasteiger partial charge is 0.226 e. The van der Waals surface area contributed by atoms with Crippen LogP contribution >= 0.6 is 0 Å². The van der Waals surface area contributed by atoms with Crippen LogP contribution in [0.4, 0.5) is 5.82 Å². The minimum absolute atomic E-state index is 0.257. The van der Waals surface area contributed by atoms with Gasteiger partial charge in [0.2, 0.25) is 5.91 Å². The molecule has 2 aromatic heterocycles. The number of furan rings is 1. The predicted octanol–water partition coefficient (Wildman–Crippen LogP) is 2.68. The average molecular weight is 336 g/mol. The predicted molar refractivity (Wildman–Crippen MR) is 95.4 cm³/mol. The maximum atomic E-state index is 12.4. The van der Waals surface area contributed by atoms with Crippen LogP contribution in [0, 0.1) is 11.8 Å². The van der Waals surface area contributed by atoms with Gasteiger partial charge in [0.1, 0.15) is 17.4 Å². The molecule has 1 aliphatic carbocycles. The van der Waals surface area contributed by atoms with Crippen molar-refractivity contribution in [3.8, 4) is 0 Å². The minimum Gasteiger partial charge on any atom is -0.450 e. The van der Waals surface area contributed by atoms with Crippen LogP contribution in [-0.4, -0.2) is 47.0 Å². The zero-order chi connectivity index (χ0) is 17.0. The number of rotatable bonds is 2. The molecule has 1 aromatic carbocycles. The fourth-order valence-corrected chi connectivity index (χ4v) is 3.78. The van der Waals surface area contributed by atoms with E-state index in [-0.39, 0.29) is 5.92 Å². The number of fused-ring (bicyclic) bond motifs is 3. The van der Waals surface area contributed by atoms with Gasteiger partial charge in [-0.2, -0.15) is 0 Å². The quantitative estimate of drug-likeness (QED) is 0.720. The van der Waals surface area contributed by atoms with Crippen molar-refractivity contribution in [2.45, 2.75) is 13.3 Å². The molecule has 1 aliphatic heterocycles. The zero-order valence-corrected chi connectivity index (χ0v) is 14.2. The Morgan fingerprint density at radius 3 is 2.68 bits per heavy atom. The Labute approximate surface area is 145 Å². The summed E-state index contributed by atoms with van der Waals surface area (Å²) in [5.74, 6) is 1.96. The second-order valence-electron chi connectivity index (χ2n) is 7.11. The molecule has 5 rings (SSSR count). The largest absolute Gasteiger partial charge is 0.450 e. The molecule has 0 radical (unpaired) electrons. The molecule has 1 saturated carbocycles. The number of nitrogens with zero attached hydrogens (tertiary/aromatic N) is 4. The lowest BCUT2D eigenvalue weighted by Crippen LogP contribution is -2.49. The fraction of sp³-hybridized carbons (Fsp3) is 0.421. The Bertz CT molecular complexity index is 958. The number of anilines is 1. The van der Waals surface area contributed by atoms with Crippen LogP contribution in [0.25, 0.3) is 22.1 Å². The van der Waals surface area contributed by atoms with E-state index < -0.39 is 0 Å². The summed E-state index contributed by atoms with van der Waals surface area (Å²) in [5, 5.41) is 1.01. The molecule has 6 nitrogen and oxygen atoms in total. The first-order valence-electron chi connectivity index (χ1n) is 8.88. The monoisotopic (exact) mass is 336 g/mol. The van der Waals surface area contributed by atoms with Gasteiger partial charge in [-0.1, -0.05) is 19.1 Å². The van der Waals surface area contributed by atoms with Gasteiger partial charge in [0.05, 0.1) is 0 Å². The van der Waals surface area contributed by atoms with E-state index in [1.165, 1.54) is 0 Å². The maximum Gasteiger partial charge on any atom is 0.226 e. The van der Waals surface area contributed by atoms with Crippen molar-refractivity contribution in [2.75, 3.05) is 31.1 Å². The van der Waals surface area contributed by atoms with Crippen LogP contribution < -0.4 is 4.90 Å². The van der Waals surface area contributed by atoms with Gasteiger partial charge in [0.15, 0.2) is 11.4 Å². The third-order valence-corrected chi connectivity index (χ3v) is 5.46. The van der Waals surface area contributed by atoms with Crippen molar-refractivity contribution in [1.29, 1.82) is 0 Å². The van der Waals surface area contributed by atoms with Gasteiger partial charge in [0, 0.05) is 37.5 Å². The minimum atomic E-state index is 0.257. The highest BCUT2D eigenvalue weighted by Gasteiger charge is 2.42. The molecule has 2 atom stereocenters. The first-order valence-corrected chi connectivity index (χ1v) is 8.88. The van der Waals surface area contributed by atoms with Crippen LogP contribution in [0.1, 0.15) is 13.3 Å². The molecule has 3 aromatic rings. The van der Waals surface area contributed by atoms with Gasteiger partial charge < -0.3 is 14.2 Å². The van der Waals surface area contributed by atoms with Crippen LogP contribution in [0.5, 0.6) is 0 Å². The van der Waals surface area contributed by atoms with Crippen LogP contribution in [0.15, 0.2) is 35.0 Å². The summed E-state index contributed by atoms with van der Waals surface area (Å²) < 4.78 is 6.03. The van der Waals surface area contributed by atoms with Crippen LogP contribution in [-0.2, 0) is 4.79 Å². The van der Waals surface area contributed by atoms with Gasteiger partial charge in [0.25, 0.3) is 0 Å². The number of amides is 1. The summed E-state index contributed by atoms with van der Waals surface area (Å²) in [4.78, 5) is 25.5. The van der Waals surface area contributed by atoms with Crippen molar-refractivity contribution in [2.24, 2.45) is 11.8 Å². The number of hydrogen-bond donors (Lipinski definition) is 0. The number of piperazine rings is 1. The molecule has 0 unspecified atom stereocenters. The average Bonchev–Trinajstić information content (AvgIpc) is 3.26. The van der Waals surface area contributed by atoms with E-state index >= 15 is 0 Å². The van der Waals surface area contributed by atoms with E-state index in [4.69, 9.17) is 4.42 Å². The maximum absolute atomic E-state index is 12.4. The first-order chi connectivity index (χ1) is 12.2. The number of carbonyl (C=O) groups is 1. The van der Waals surface area contributed by atoms with E-state index in [0.717, 1.165) is 60.5 Å². The molecule has 3 heterocycles. The Morgan fingerprint density at radius 1 is 1.16 bits per heavy atom. The Hall–Kier alpha value is -2.63. The van der Waals surface area contributed by atoms with E-state index in [1.807, 2.05) is 29.2 Å². The first kappa shape index (κ1) is 14.7. The molecular formula is C19H20N4O2. The highest BCUT2D eigenvalue weighted by molar-refractivity contribution is 6.05. The molecule has 2 fully saturated rings. The van der Waals surface area contributed by atoms with Gasteiger partial charge >= 0.3 is 0 Å². The normalized spacial score (nSPS) is 23.4. The number of hydrogen-bond acceptors (Lipinski definition) is 5. The number of para-hydroxylation sites is 1. The summed E-state index contributed by atoms with van der Waals surface area (Å²) in [6, 6.07) is 7.92. The van der Waals surface area contributed by atoms with Gasteiger partial charge in [-0.05, 0) is 24.5 Å². The third-order valence-electron chi connectivity index (χ3n) is 5.46. The highest BCUT2D eigenvalue weighted by Crippen LogP contribution is 2.39. The summed E-state index contributed by atoms with van der Waals surface area (Å²) in [6.45, 7) is 5.19. The Balaban J connectivity index is 1.42. The van der Waals surface area contributed by atoms with Crippen molar-refractivity contribution in [3.63, 3.8) is 0 Å². The highest BCUT2D eigenvalue weighted by atomic mass is 16.3. The Morgan fingerprint density at radius 2 is 1.92 bits per heavy atom. The number of aromatic nitrogens is 2. The molecule has 1 amide bonds. The molecular weight excluding hydrogens is 316 g/mol. The van der Waals surface area contributed by atoms with Gasteiger partial charge in [-0.25, -0.2) is 9.97 Å². The topological polar surface area (TPSA) is 62.5 Å². The van der Waals surface area contributed by atoms with E-state index in [0.29, 0.717) is 11.8 Å². The third kappa shape index (κ3) is 2.35. The van der Waals surface area contributed by atoms with E-state index in [2.05, 4.69) is 21.8 Å². The molecule has 0 bridgehead atoms. The van der Waals surface area contributed by atoms with Crippen molar-refractivity contribution >= 4 is 33.8 Å². The second-order valence-corrected chi connectivity index (χ2v) is 7.11. The Kier molecular flexibility index (Phi) is 3.20. The van der Waals surface area contributed by atoms with Crippen molar-refractivity contribution in [1.82, 2.24) is 14.9 Å². The van der Waals surface area contributed by atoms with Gasteiger partial charge in [-0.3, -0.25) is 4.79 Å². The zero-order valence-electron chi connectivity index (χ0n) is 14.2. The van der Waals surface area contributed by atoms with Crippen LogP contribution in [0.2, 0.25) is 0 Å². The van der Waals surface area contributed by atoms with E-state index in [1.54, 1.807) is 6.33 Å². The summed E-state index contributed by atoms with van der Waals surface area (Å²) in [5.41, 5.74) is 2.42. The number of carbonyl (C=O) groups excluding carboxylic acids is 1. The molecule has 0 spiro atoms. The summed E-state index contributed by atoms with van der Waals surface area (Å²) in [7, 11) is 0. The van der Waals surface area contributed by atoms with Gasteiger partial charge in [-0.15, -0.1) is 0 Å². The molecule has 1 saturated heterocycles. The fourth-order valence-electron chi connectivity index (χ4n) is 3.78. The molecule has 0 N–H and O–H groups in total. The summed E-state index contributed by atoms with van der Waals surface area (Å²) >= 11 is 0.